The second-order valence-electron chi connectivity index (χ2n) is 4.52. The van der Waals surface area contributed by atoms with E-state index >= 15 is 0 Å². The minimum absolute atomic E-state index is 0.259. The van der Waals surface area contributed by atoms with Crippen molar-refractivity contribution in [2.75, 3.05) is 27.3 Å². The van der Waals surface area contributed by atoms with Crippen LogP contribution < -0.4 is 5.32 Å². The molecule has 0 aromatic rings. The highest BCUT2D eigenvalue weighted by atomic mass is 16.5. The number of urea groups is 1. The lowest BCUT2D eigenvalue weighted by Gasteiger charge is -2.23. The summed E-state index contributed by atoms with van der Waals surface area (Å²) in [5.74, 6) is -0.652. The van der Waals surface area contributed by atoms with E-state index in [1.807, 2.05) is 6.92 Å². The topological polar surface area (TPSA) is 78.9 Å². The largest absolute Gasteiger partial charge is 0.480 e. The Morgan fingerprint density at radius 2 is 2.06 bits per heavy atom. The van der Waals surface area contributed by atoms with Gasteiger partial charge in [-0.2, -0.15) is 0 Å². The van der Waals surface area contributed by atoms with Crippen molar-refractivity contribution in [1.29, 1.82) is 0 Å². The van der Waals surface area contributed by atoms with Gasteiger partial charge in [-0.25, -0.2) is 9.59 Å². The highest BCUT2D eigenvalue weighted by Crippen LogP contribution is 2.03. The first-order valence-corrected chi connectivity index (χ1v) is 6.15. The molecule has 0 aliphatic rings. The van der Waals surface area contributed by atoms with Crippen molar-refractivity contribution in [1.82, 2.24) is 10.2 Å². The van der Waals surface area contributed by atoms with Gasteiger partial charge in [0.05, 0.1) is 0 Å². The number of hydrogen-bond donors (Lipinski definition) is 2. The lowest BCUT2D eigenvalue weighted by molar-refractivity contribution is -0.139. The van der Waals surface area contributed by atoms with Crippen molar-refractivity contribution in [2.24, 2.45) is 5.92 Å². The summed E-state index contributed by atoms with van der Waals surface area (Å²) < 4.78 is 4.82. The van der Waals surface area contributed by atoms with Crippen LogP contribution in [0.5, 0.6) is 0 Å². The molecule has 2 atom stereocenters. The van der Waals surface area contributed by atoms with Crippen LogP contribution in [0.3, 0.4) is 0 Å². The molecule has 2 amide bonds. The Morgan fingerprint density at radius 3 is 2.50 bits per heavy atom. The Hall–Kier alpha value is -1.30. The quantitative estimate of drug-likeness (QED) is 0.686. The lowest BCUT2D eigenvalue weighted by atomic mass is 10.1. The molecule has 6 nitrogen and oxygen atoms in total. The molecule has 0 aromatic carbocycles. The van der Waals surface area contributed by atoms with E-state index in [9.17, 15) is 9.59 Å². The predicted octanol–water partition coefficient (Wildman–Crippen LogP) is 1.16. The fourth-order valence-electron chi connectivity index (χ4n) is 1.43. The molecule has 0 aliphatic heterocycles. The van der Waals surface area contributed by atoms with Crippen LogP contribution in [0.1, 0.15) is 26.7 Å². The third-order valence-electron chi connectivity index (χ3n) is 2.84. The van der Waals surface area contributed by atoms with Crippen molar-refractivity contribution >= 4 is 12.0 Å². The van der Waals surface area contributed by atoms with Gasteiger partial charge < -0.3 is 20.1 Å². The van der Waals surface area contributed by atoms with Gasteiger partial charge in [0.2, 0.25) is 0 Å². The number of carbonyl (C=O) groups excluding carboxylic acids is 1. The number of carbonyl (C=O) groups is 2. The van der Waals surface area contributed by atoms with Gasteiger partial charge in [-0.3, -0.25) is 0 Å². The summed E-state index contributed by atoms with van der Waals surface area (Å²) in [5.41, 5.74) is 0. The van der Waals surface area contributed by atoms with Gasteiger partial charge in [0, 0.05) is 33.7 Å². The van der Waals surface area contributed by atoms with Crippen LogP contribution in [-0.2, 0) is 9.53 Å². The van der Waals surface area contributed by atoms with Gasteiger partial charge >= 0.3 is 12.0 Å². The molecule has 2 unspecified atom stereocenters. The van der Waals surface area contributed by atoms with E-state index < -0.39 is 12.0 Å². The summed E-state index contributed by atoms with van der Waals surface area (Å²) in [7, 11) is 3.16. The zero-order valence-electron chi connectivity index (χ0n) is 11.6. The highest BCUT2D eigenvalue weighted by Gasteiger charge is 2.21. The highest BCUT2D eigenvalue weighted by molar-refractivity contribution is 5.82. The van der Waals surface area contributed by atoms with Crippen molar-refractivity contribution < 1.29 is 19.4 Å². The Bertz CT molecular complexity index is 271. The molecule has 0 spiro atoms. The smallest absolute Gasteiger partial charge is 0.326 e. The first-order valence-electron chi connectivity index (χ1n) is 6.15. The molecule has 18 heavy (non-hydrogen) atoms. The molecule has 6 heteroatoms. The van der Waals surface area contributed by atoms with Crippen molar-refractivity contribution in [3.63, 3.8) is 0 Å². The molecular formula is C12H24N2O4. The number of aliphatic carboxylic acids is 1. The van der Waals surface area contributed by atoms with E-state index in [0.717, 1.165) is 6.42 Å². The molecule has 2 N–H and O–H groups in total. The molecular weight excluding hydrogens is 236 g/mol. The molecule has 0 rings (SSSR count). The first-order chi connectivity index (χ1) is 8.42. The molecule has 0 bridgehead atoms. The van der Waals surface area contributed by atoms with Crippen LogP contribution in [0.4, 0.5) is 4.79 Å². The molecule has 0 saturated carbocycles. The molecule has 0 saturated heterocycles. The number of hydrogen-bond acceptors (Lipinski definition) is 3. The van der Waals surface area contributed by atoms with Gasteiger partial charge in [0.15, 0.2) is 0 Å². The van der Waals surface area contributed by atoms with Crippen LogP contribution in [-0.4, -0.2) is 55.4 Å². The Labute approximate surface area is 108 Å². The average Bonchev–Trinajstić information content (AvgIpc) is 2.33. The minimum atomic E-state index is -1.04. The summed E-state index contributed by atoms with van der Waals surface area (Å²) in [4.78, 5) is 24.2. The number of carboxylic acid groups (broad SMARTS) is 1. The fourth-order valence-corrected chi connectivity index (χ4v) is 1.43. The number of nitrogens with zero attached hydrogens (tertiary/aromatic N) is 1. The summed E-state index contributed by atoms with van der Waals surface area (Å²) in [6.07, 6.45) is 1.23. The Kier molecular flexibility index (Phi) is 8.11. The number of amides is 2. The van der Waals surface area contributed by atoms with E-state index in [1.165, 1.54) is 12.0 Å². The van der Waals surface area contributed by atoms with Crippen LogP contribution >= 0.6 is 0 Å². The number of nitrogens with one attached hydrogen (secondary N) is 1. The lowest BCUT2D eigenvalue weighted by Crippen LogP contribution is -2.48. The molecule has 0 heterocycles. The summed E-state index contributed by atoms with van der Waals surface area (Å²) in [5, 5.41) is 11.5. The standard InChI is InChI=1S/C12H24N2O4/c1-5-9(2)8-14(3)12(17)13-10(11(15)16)6-7-18-4/h9-10H,5-8H2,1-4H3,(H,13,17)(H,15,16). The third-order valence-corrected chi connectivity index (χ3v) is 2.84. The zero-order valence-corrected chi connectivity index (χ0v) is 11.6. The summed E-state index contributed by atoms with van der Waals surface area (Å²) in [6, 6.07) is -1.27. The van der Waals surface area contributed by atoms with Gasteiger partial charge in [-0.05, 0) is 5.92 Å². The van der Waals surface area contributed by atoms with E-state index in [-0.39, 0.29) is 12.5 Å². The predicted molar refractivity (Wildman–Crippen MR) is 68.5 cm³/mol. The molecule has 0 radical (unpaired) electrons. The third kappa shape index (κ3) is 6.44. The Morgan fingerprint density at radius 1 is 1.44 bits per heavy atom. The number of rotatable bonds is 8. The van der Waals surface area contributed by atoms with Gasteiger partial charge in [-0.15, -0.1) is 0 Å². The van der Waals surface area contributed by atoms with E-state index in [1.54, 1.807) is 7.05 Å². The molecule has 0 aliphatic carbocycles. The van der Waals surface area contributed by atoms with Crippen molar-refractivity contribution in [3.8, 4) is 0 Å². The molecule has 0 fully saturated rings. The second kappa shape index (κ2) is 8.74. The van der Waals surface area contributed by atoms with Crippen LogP contribution in [0.2, 0.25) is 0 Å². The van der Waals surface area contributed by atoms with Crippen molar-refractivity contribution in [3.05, 3.63) is 0 Å². The van der Waals surface area contributed by atoms with Gasteiger partial charge in [-0.1, -0.05) is 20.3 Å². The van der Waals surface area contributed by atoms with Crippen LogP contribution in [0, 0.1) is 5.92 Å². The SMILES string of the molecule is CCC(C)CN(C)C(=O)NC(CCOC)C(=O)O. The maximum absolute atomic E-state index is 11.8. The number of ether oxygens (including phenoxy) is 1. The van der Waals surface area contributed by atoms with E-state index in [4.69, 9.17) is 9.84 Å². The van der Waals surface area contributed by atoms with Crippen molar-refractivity contribution in [2.45, 2.75) is 32.7 Å². The molecule has 106 valence electrons. The maximum atomic E-state index is 11.8. The Balaban J connectivity index is 4.27. The number of carboxylic acids is 1. The number of methoxy groups -OCH3 is 1. The maximum Gasteiger partial charge on any atom is 0.326 e. The van der Waals surface area contributed by atoms with E-state index in [0.29, 0.717) is 19.1 Å². The van der Waals surface area contributed by atoms with Crippen LogP contribution in [0.15, 0.2) is 0 Å². The summed E-state index contributed by atoms with van der Waals surface area (Å²) in [6.45, 7) is 5.00. The van der Waals surface area contributed by atoms with Gasteiger partial charge in [0.25, 0.3) is 0 Å². The normalized spacial score (nSPS) is 13.8. The average molecular weight is 260 g/mol. The fraction of sp³-hybridized carbons (Fsp3) is 0.833. The monoisotopic (exact) mass is 260 g/mol. The zero-order chi connectivity index (χ0) is 14.1. The first kappa shape index (κ1) is 16.7. The van der Waals surface area contributed by atoms with Gasteiger partial charge in [0.1, 0.15) is 6.04 Å². The second-order valence-corrected chi connectivity index (χ2v) is 4.52. The molecule has 0 aromatic heterocycles. The summed E-state index contributed by atoms with van der Waals surface area (Å²) >= 11 is 0. The van der Waals surface area contributed by atoms with E-state index in [2.05, 4.69) is 12.2 Å². The minimum Gasteiger partial charge on any atom is -0.480 e. The van der Waals surface area contributed by atoms with Crippen LogP contribution in [0.25, 0.3) is 0 Å².